The maximum atomic E-state index is 5.10. The van der Waals surface area contributed by atoms with Crippen molar-refractivity contribution in [1.29, 1.82) is 0 Å². The van der Waals surface area contributed by atoms with Crippen molar-refractivity contribution < 1.29 is 4.74 Å². The molecule has 2 bridgehead atoms. The van der Waals surface area contributed by atoms with Crippen LogP contribution >= 0.6 is 0 Å². The van der Waals surface area contributed by atoms with Gasteiger partial charge in [0.25, 0.3) is 0 Å². The van der Waals surface area contributed by atoms with Crippen LogP contribution in [0.25, 0.3) is 0 Å². The Bertz CT molecular complexity index is 482. The molecule has 0 aromatic carbocycles. The second-order valence-corrected chi connectivity index (χ2v) is 7.25. The Balaban J connectivity index is 1.65. The highest BCUT2D eigenvalue weighted by Crippen LogP contribution is 2.65. The SMILES string of the molecule is COc1ccc(CNC2CC3CCC2(C)C3(C)C)cn1. The van der Waals surface area contributed by atoms with Gasteiger partial charge in [-0.2, -0.15) is 0 Å². The minimum atomic E-state index is 0.442. The lowest BCUT2D eigenvalue weighted by Gasteiger charge is -2.39. The van der Waals surface area contributed by atoms with E-state index in [0.29, 0.717) is 22.8 Å². The summed E-state index contributed by atoms with van der Waals surface area (Å²) >= 11 is 0. The fourth-order valence-electron chi connectivity index (χ4n) is 4.39. The van der Waals surface area contributed by atoms with E-state index in [1.165, 1.54) is 24.8 Å². The molecule has 0 spiro atoms. The van der Waals surface area contributed by atoms with Gasteiger partial charge in [0.15, 0.2) is 0 Å². The highest BCUT2D eigenvalue weighted by Gasteiger charge is 2.60. The van der Waals surface area contributed by atoms with Gasteiger partial charge in [0.1, 0.15) is 0 Å². The predicted molar refractivity (Wildman–Crippen MR) is 80.6 cm³/mol. The summed E-state index contributed by atoms with van der Waals surface area (Å²) in [7, 11) is 1.65. The van der Waals surface area contributed by atoms with Crippen LogP contribution in [0.1, 0.15) is 45.6 Å². The highest BCUT2D eigenvalue weighted by molar-refractivity contribution is 5.19. The van der Waals surface area contributed by atoms with E-state index in [0.717, 1.165) is 12.5 Å². The third-order valence-corrected chi connectivity index (χ3v) is 6.35. The first-order chi connectivity index (χ1) is 9.47. The van der Waals surface area contributed by atoms with Gasteiger partial charge in [-0.15, -0.1) is 0 Å². The molecule has 0 aliphatic heterocycles. The van der Waals surface area contributed by atoms with Crippen LogP contribution in [0.2, 0.25) is 0 Å². The average molecular weight is 274 g/mol. The average Bonchev–Trinajstić information content (AvgIpc) is 2.78. The first kappa shape index (κ1) is 13.9. The van der Waals surface area contributed by atoms with Crippen molar-refractivity contribution in [3.63, 3.8) is 0 Å². The maximum Gasteiger partial charge on any atom is 0.212 e. The fourth-order valence-corrected chi connectivity index (χ4v) is 4.39. The van der Waals surface area contributed by atoms with Crippen LogP contribution in [0, 0.1) is 16.7 Å². The number of hydrogen-bond donors (Lipinski definition) is 1. The Labute approximate surface area is 122 Å². The molecule has 2 aliphatic carbocycles. The number of methoxy groups -OCH3 is 1. The van der Waals surface area contributed by atoms with Crippen molar-refractivity contribution >= 4 is 0 Å². The van der Waals surface area contributed by atoms with E-state index in [2.05, 4.69) is 37.1 Å². The van der Waals surface area contributed by atoms with Gasteiger partial charge in [-0.25, -0.2) is 4.98 Å². The molecule has 2 aliphatic rings. The summed E-state index contributed by atoms with van der Waals surface area (Å²) in [5, 5.41) is 3.78. The molecule has 1 heterocycles. The second kappa shape index (κ2) is 4.73. The number of aromatic nitrogens is 1. The number of nitrogens with one attached hydrogen (secondary N) is 1. The molecule has 1 aromatic rings. The fraction of sp³-hybridized carbons (Fsp3) is 0.706. The highest BCUT2D eigenvalue weighted by atomic mass is 16.5. The van der Waals surface area contributed by atoms with Crippen LogP contribution in [0.5, 0.6) is 5.88 Å². The van der Waals surface area contributed by atoms with Crippen LogP contribution in [-0.2, 0) is 6.54 Å². The topological polar surface area (TPSA) is 34.1 Å². The first-order valence-corrected chi connectivity index (χ1v) is 7.69. The Kier molecular flexibility index (Phi) is 3.28. The van der Waals surface area contributed by atoms with Gasteiger partial charge >= 0.3 is 0 Å². The molecular formula is C17H26N2O. The molecule has 3 nitrogen and oxygen atoms in total. The third-order valence-electron chi connectivity index (χ3n) is 6.35. The standard InChI is InChI=1S/C17H26N2O/c1-16(2)13-7-8-17(16,3)14(9-13)18-10-12-5-6-15(20-4)19-11-12/h5-6,11,13-14,18H,7-10H2,1-4H3. The van der Waals surface area contributed by atoms with E-state index in [9.17, 15) is 0 Å². The Hall–Kier alpha value is -1.09. The third kappa shape index (κ3) is 1.95. The number of fused-ring (bicyclic) bond motifs is 2. The van der Waals surface area contributed by atoms with Gasteiger partial charge in [0.2, 0.25) is 5.88 Å². The molecule has 1 aromatic heterocycles. The van der Waals surface area contributed by atoms with E-state index in [1.54, 1.807) is 7.11 Å². The summed E-state index contributed by atoms with van der Waals surface area (Å²) < 4.78 is 5.10. The Morgan fingerprint density at radius 2 is 2.15 bits per heavy atom. The Morgan fingerprint density at radius 3 is 2.65 bits per heavy atom. The second-order valence-electron chi connectivity index (χ2n) is 7.25. The van der Waals surface area contributed by atoms with Crippen molar-refractivity contribution in [2.45, 2.75) is 52.6 Å². The summed E-state index contributed by atoms with van der Waals surface area (Å²) in [5.41, 5.74) is 2.15. The van der Waals surface area contributed by atoms with Gasteiger partial charge < -0.3 is 10.1 Å². The van der Waals surface area contributed by atoms with E-state index >= 15 is 0 Å². The van der Waals surface area contributed by atoms with E-state index in [1.807, 2.05) is 12.3 Å². The van der Waals surface area contributed by atoms with Crippen LogP contribution in [-0.4, -0.2) is 18.1 Å². The summed E-state index contributed by atoms with van der Waals surface area (Å²) in [5.74, 6) is 1.57. The van der Waals surface area contributed by atoms with Crippen LogP contribution < -0.4 is 10.1 Å². The molecule has 0 radical (unpaired) electrons. The quantitative estimate of drug-likeness (QED) is 0.914. The molecule has 20 heavy (non-hydrogen) atoms. The monoisotopic (exact) mass is 274 g/mol. The lowest BCUT2D eigenvalue weighted by Crippen LogP contribution is -2.44. The first-order valence-electron chi connectivity index (χ1n) is 7.69. The van der Waals surface area contributed by atoms with E-state index in [-0.39, 0.29) is 0 Å². The predicted octanol–water partition coefficient (Wildman–Crippen LogP) is 3.39. The van der Waals surface area contributed by atoms with Crippen molar-refractivity contribution in [2.24, 2.45) is 16.7 Å². The van der Waals surface area contributed by atoms with Gasteiger partial charge in [-0.05, 0) is 41.6 Å². The molecule has 3 unspecified atom stereocenters. The van der Waals surface area contributed by atoms with E-state index < -0.39 is 0 Å². The smallest absolute Gasteiger partial charge is 0.212 e. The van der Waals surface area contributed by atoms with Crippen molar-refractivity contribution in [1.82, 2.24) is 10.3 Å². The minimum Gasteiger partial charge on any atom is -0.481 e. The molecule has 110 valence electrons. The number of pyridine rings is 1. The Morgan fingerprint density at radius 1 is 1.35 bits per heavy atom. The largest absolute Gasteiger partial charge is 0.481 e. The number of hydrogen-bond acceptors (Lipinski definition) is 3. The van der Waals surface area contributed by atoms with Gasteiger partial charge in [0.05, 0.1) is 7.11 Å². The molecule has 2 saturated carbocycles. The minimum absolute atomic E-state index is 0.442. The van der Waals surface area contributed by atoms with Gasteiger partial charge in [-0.1, -0.05) is 26.8 Å². The van der Waals surface area contributed by atoms with Crippen molar-refractivity contribution in [2.75, 3.05) is 7.11 Å². The zero-order chi connectivity index (χ0) is 14.4. The number of nitrogens with zero attached hydrogens (tertiary/aromatic N) is 1. The van der Waals surface area contributed by atoms with Crippen molar-refractivity contribution in [3.05, 3.63) is 23.9 Å². The zero-order valence-corrected chi connectivity index (χ0v) is 13.1. The summed E-state index contributed by atoms with van der Waals surface area (Å²) in [4.78, 5) is 4.27. The molecule has 1 N–H and O–H groups in total. The maximum absolute atomic E-state index is 5.10. The number of ether oxygens (including phenoxy) is 1. The van der Waals surface area contributed by atoms with Crippen LogP contribution in [0.3, 0.4) is 0 Å². The van der Waals surface area contributed by atoms with Crippen LogP contribution in [0.15, 0.2) is 18.3 Å². The molecular weight excluding hydrogens is 248 g/mol. The molecule has 3 heteroatoms. The van der Waals surface area contributed by atoms with E-state index in [4.69, 9.17) is 4.74 Å². The summed E-state index contributed by atoms with van der Waals surface area (Å²) in [6, 6.07) is 4.67. The van der Waals surface area contributed by atoms with Crippen LogP contribution in [0.4, 0.5) is 0 Å². The van der Waals surface area contributed by atoms with Gasteiger partial charge in [-0.3, -0.25) is 0 Å². The molecule has 3 rings (SSSR count). The van der Waals surface area contributed by atoms with Crippen molar-refractivity contribution in [3.8, 4) is 5.88 Å². The number of rotatable bonds is 4. The normalized spacial score (nSPS) is 34.4. The molecule has 0 amide bonds. The van der Waals surface area contributed by atoms with Gasteiger partial charge in [0, 0.05) is 24.8 Å². The molecule has 2 fully saturated rings. The lowest BCUT2D eigenvalue weighted by atomic mass is 9.69. The lowest BCUT2D eigenvalue weighted by molar-refractivity contribution is 0.120. The zero-order valence-electron chi connectivity index (χ0n) is 13.1. The molecule has 0 saturated heterocycles. The summed E-state index contributed by atoms with van der Waals surface area (Å²) in [6.45, 7) is 8.30. The summed E-state index contributed by atoms with van der Waals surface area (Å²) in [6.07, 6.45) is 6.01. The molecule has 3 atom stereocenters.